The number of rotatable bonds is 3. The van der Waals surface area contributed by atoms with Crippen LogP contribution in [0.5, 0.6) is 0 Å². The predicted molar refractivity (Wildman–Crippen MR) is 72.5 cm³/mol. The Morgan fingerprint density at radius 1 is 1.11 bits per heavy atom. The lowest BCUT2D eigenvalue weighted by molar-refractivity contribution is -0.129. The quantitative estimate of drug-likeness (QED) is 0.775. The fraction of sp³-hybridized carbons (Fsp3) is 0.417. The van der Waals surface area contributed by atoms with E-state index in [1.54, 1.807) is 35.2 Å². The number of hydrogen-bond donors (Lipinski definition) is 0. The first-order valence-electron chi connectivity index (χ1n) is 5.94. The summed E-state index contributed by atoms with van der Waals surface area (Å²) in [5, 5.41) is 0. The van der Waals surface area contributed by atoms with Gasteiger partial charge < -0.3 is 4.90 Å². The van der Waals surface area contributed by atoms with Gasteiger partial charge in [0.15, 0.2) is 0 Å². The fourth-order valence-electron chi connectivity index (χ4n) is 2.00. The summed E-state index contributed by atoms with van der Waals surface area (Å²) in [7, 11) is -3.46. The van der Waals surface area contributed by atoms with E-state index in [9.17, 15) is 13.2 Å². The molecule has 0 aliphatic carbocycles. The van der Waals surface area contributed by atoms with Gasteiger partial charge in [-0.15, -0.1) is 11.6 Å². The first-order chi connectivity index (χ1) is 9.05. The molecule has 0 unspecified atom stereocenters. The molecule has 0 spiro atoms. The first kappa shape index (κ1) is 14.3. The van der Waals surface area contributed by atoms with Crippen molar-refractivity contribution < 1.29 is 13.2 Å². The van der Waals surface area contributed by atoms with Crippen LogP contribution >= 0.6 is 11.6 Å². The first-order valence-corrected chi connectivity index (χ1v) is 7.92. The molecule has 1 aliphatic rings. The molecular weight excluding hydrogens is 288 g/mol. The van der Waals surface area contributed by atoms with Gasteiger partial charge in [0.1, 0.15) is 5.88 Å². The summed E-state index contributed by atoms with van der Waals surface area (Å²) >= 11 is 5.48. The molecule has 1 aromatic carbocycles. The van der Waals surface area contributed by atoms with Crippen LogP contribution in [0.4, 0.5) is 0 Å². The molecule has 0 aromatic heterocycles. The van der Waals surface area contributed by atoms with E-state index in [-0.39, 0.29) is 16.7 Å². The van der Waals surface area contributed by atoms with Crippen molar-refractivity contribution >= 4 is 27.5 Å². The number of amides is 1. The Labute approximate surface area is 117 Å². The lowest BCUT2D eigenvalue weighted by atomic mass is 10.3. The molecule has 2 rings (SSSR count). The number of carbonyl (C=O) groups is 1. The Balaban J connectivity index is 2.08. The standard InChI is InChI=1S/C12H15ClN2O3S/c13-10-12(16)14-6-8-15(9-7-14)19(17,18)11-4-2-1-3-5-11/h1-5H,6-10H2. The van der Waals surface area contributed by atoms with E-state index in [0.717, 1.165) is 0 Å². The fourth-order valence-corrected chi connectivity index (χ4v) is 3.62. The van der Waals surface area contributed by atoms with E-state index < -0.39 is 10.0 Å². The summed E-state index contributed by atoms with van der Waals surface area (Å²) in [4.78, 5) is 13.3. The third-order valence-electron chi connectivity index (χ3n) is 3.09. The molecule has 0 saturated carbocycles. The highest BCUT2D eigenvalue weighted by Gasteiger charge is 2.29. The van der Waals surface area contributed by atoms with E-state index in [4.69, 9.17) is 11.6 Å². The SMILES string of the molecule is O=C(CCl)N1CCN(S(=O)(=O)c2ccccc2)CC1. The number of carbonyl (C=O) groups excluding carboxylic acids is 1. The second-order valence-electron chi connectivity index (χ2n) is 4.23. The Bertz CT molecular complexity index is 539. The van der Waals surface area contributed by atoms with Gasteiger partial charge in [-0.1, -0.05) is 18.2 Å². The summed E-state index contributed by atoms with van der Waals surface area (Å²) in [6.07, 6.45) is 0. The molecule has 1 heterocycles. The predicted octanol–water partition coefficient (Wildman–Crippen LogP) is 0.758. The molecule has 1 aliphatic heterocycles. The van der Waals surface area contributed by atoms with Crippen LogP contribution in [0.25, 0.3) is 0 Å². The van der Waals surface area contributed by atoms with Gasteiger partial charge in [-0.2, -0.15) is 4.31 Å². The normalized spacial score (nSPS) is 17.4. The molecule has 0 radical (unpaired) electrons. The van der Waals surface area contributed by atoms with Crippen LogP contribution < -0.4 is 0 Å². The van der Waals surface area contributed by atoms with Crippen LogP contribution in [0.15, 0.2) is 35.2 Å². The van der Waals surface area contributed by atoms with E-state index in [2.05, 4.69) is 0 Å². The molecule has 1 saturated heterocycles. The van der Waals surface area contributed by atoms with Gasteiger partial charge in [0.05, 0.1) is 4.90 Å². The average Bonchev–Trinajstić information content (AvgIpc) is 2.47. The van der Waals surface area contributed by atoms with E-state index >= 15 is 0 Å². The largest absolute Gasteiger partial charge is 0.339 e. The molecule has 1 fully saturated rings. The topological polar surface area (TPSA) is 57.7 Å². The zero-order valence-corrected chi connectivity index (χ0v) is 11.9. The van der Waals surface area contributed by atoms with Crippen LogP contribution in [0, 0.1) is 0 Å². The summed E-state index contributed by atoms with van der Waals surface area (Å²) < 4.78 is 26.1. The monoisotopic (exact) mass is 302 g/mol. The van der Waals surface area contributed by atoms with Crippen LogP contribution in [0.3, 0.4) is 0 Å². The minimum atomic E-state index is -3.46. The Morgan fingerprint density at radius 3 is 2.21 bits per heavy atom. The maximum atomic E-state index is 12.3. The average molecular weight is 303 g/mol. The molecule has 0 N–H and O–H groups in total. The van der Waals surface area contributed by atoms with Gasteiger partial charge in [0.2, 0.25) is 15.9 Å². The van der Waals surface area contributed by atoms with Crippen LogP contribution in [0.2, 0.25) is 0 Å². The smallest absolute Gasteiger partial charge is 0.243 e. The van der Waals surface area contributed by atoms with Crippen molar-refractivity contribution in [1.82, 2.24) is 9.21 Å². The zero-order chi connectivity index (χ0) is 13.9. The van der Waals surface area contributed by atoms with E-state index in [1.165, 1.54) is 4.31 Å². The summed E-state index contributed by atoms with van der Waals surface area (Å²) in [5.41, 5.74) is 0. The number of sulfonamides is 1. The number of hydrogen-bond acceptors (Lipinski definition) is 3. The van der Waals surface area contributed by atoms with Crippen molar-refractivity contribution in [3.05, 3.63) is 30.3 Å². The lowest BCUT2D eigenvalue weighted by Crippen LogP contribution is -2.50. The third kappa shape index (κ3) is 3.08. The minimum Gasteiger partial charge on any atom is -0.339 e. The second-order valence-corrected chi connectivity index (χ2v) is 6.44. The van der Waals surface area contributed by atoms with Crippen molar-refractivity contribution in [3.63, 3.8) is 0 Å². The zero-order valence-electron chi connectivity index (χ0n) is 10.3. The Kier molecular flexibility index (Phi) is 4.44. The van der Waals surface area contributed by atoms with Gasteiger partial charge in [-0.3, -0.25) is 4.79 Å². The number of nitrogens with zero attached hydrogens (tertiary/aromatic N) is 2. The number of alkyl halides is 1. The molecule has 1 aromatic rings. The molecule has 0 atom stereocenters. The van der Waals surface area contributed by atoms with E-state index in [1.807, 2.05) is 0 Å². The van der Waals surface area contributed by atoms with Gasteiger partial charge in [-0.05, 0) is 12.1 Å². The third-order valence-corrected chi connectivity index (χ3v) is 5.23. The maximum absolute atomic E-state index is 12.3. The summed E-state index contributed by atoms with van der Waals surface area (Å²) in [6, 6.07) is 8.31. The molecule has 19 heavy (non-hydrogen) atoms. The minimum absolute atomic E-state index is 0.0641. The maximum Gasteiger partial charge on any atom is 0.243 e. The van der Waals surface area contributed by atoms with Crippen LogP contribution in [-0.2, 0) is 14.8 Å². The molecule has 0 bridgehead atoms. The van der Waals surface area contributed by atoms with Gasteiger partial charge in [0, 0.05) is 26.2 Å². The van der Waals surface area contributed by atoms with Gasteiger partial charge in [-0.25, -0.2) is 8.42 Å². The van der Waals surface area contributed by atoms with E-state index in [0.29, 0.717) is 26.2 Å². The van der Waals surface area contributed by atoms with Crippen LogP contribution in [-0.4, -0.2) is 55.6 Å². The molecule has 5 nitrogen and oxygen atoms in total. The van der Waals surface area contributed by atoms with Crippen molar-refractivity contribution in [2.24, 2.45) is 0 Å². The highest BCUT2D eigenvalue weighted by molar-refractivity contribution is 7.89. The lowest BCUT2D eigenvalue weighted by Gasteiger charge is -2.33. The van der Waals surface area contributed by atoms with Gasteiger partial charge in [0.25, 0.3) is 0 Å². The highest BCUT2D eigenvalue weighted by Crippen LogP contribution is 2.17. The van der Waals surface area contributed by atoms with Crippen molar-refractivity contribution in [3.8, 4) is 0 Å². The van der Waals surface area contributed by atoms with Gasteiger partial charge >= 0.3 is 0 Å². The number of benzene rings is 1. The summed E-state index contributed by atoms with van der Waals surface area (Å²) in [5.74, 6) is -0.218. The van der Waals surface area contributed by atoms with Crippen molar-refractivity contribution in [2.45, 2.75) is 4.90 Å². The number of halogens is 1. The Morgan fingerprint density at radius 2 is 1.68 bits per heavy atom. The molecular formula is C12H15ClN2O3S. The van der Waals surface area contributed by atoms with Crippen molar-refractivity contribution in [2.75, 3.05) is 32.1 Å². The number of piperazine rings is 1. The van der Waals surface area contributed by atoms with Crippen molar-refractivity contribution in [1.29, 1.82) is 0 Å². The molecule has 7 heteroatoms. The summed E-state index contributed by atoms with van der Waals surface area (Å²) in [6.45, 7) is 1.38. The Hall–Kier alpha value is -1.11. The second kappa shape index (κ2) is 5.90. The highest BCUT2D eigenvalue weighted by atomic mass is 35.5. The van der Waals surface area contributed by atoms with Crippen LogP contribution in [0.1, 0.15) is 0 Å². The molecule has 1 amide bonds. The molecule has 104 valence electrons.